The highest BCUT2D eigenvalue weighted by Crippen LogP contribution is 2.28. The molecule has 1 aliphatic rings. The van der Waals surface area contributed by atoms with Crippen molar-refractivity contribution in [3.05, 3.63) is 29.9 Å². The quantitative estimate of drug-likeness (QED) is 0.919. The molecule has 0 amide bonds. The van der Waals surface area contributed by atoms with E-state index in [9.17, 15) is 0 Å². The number of thiophene rings is 1. The molecule has 3 nitrogen and oxygen atoms in total. The van der Waals surface area contributed by atoms with Crippen molar-refractivity contribution < 1.29 is 0 Å². The molecule has 4 heteroatoms. The van der Waals surface area contributed by atoms with Crippen molar-refractivity contribution in [3.63, 3.8) is 0 Å². The Morgan fingerprint density at radius 2 is 2.39 bits per heavy atom. The molecule has 2 unspecified atom stereocenters. The van der Waals surface area contributed by atoms with Crippen LogP contribution in [0.2, 0.25) is 0 Å². The highest BCUT2D eigenvalue weighted by Gasteiger charge is 2.23. The predicted octanol–water partition coefficient (Wildman–Crippen LogP) is 3.13. The molecule has 0 bridgehead atoms. The first-order chi connectivity index (χ1) is 8.84. The highest BCUT2D eigenvalue weighted by atomic mass is 32.1. The lowest BCUT2D eigenvalue weighted by atomic mass is 10.0. The van der Waals surface area contributed by atoms with Crippen LogP contribution in [0.15, 0.2) is 29.9 Å². The number of nitrogens with two attached hydrogens (primary N) is 1. The summed E-state index contributed by atoms with van der Waals surface area (Å²) >= 11 is 1.75. The molecule has 3 rings (SSSR count). The summed E-state index contributed by atoms with van der Waals surface area (Å²) in [6, 6.07) is 4.62. The van der Waals surface area contributed by atoms with Crippen LogP contribution < -0.4 is 5.73 Å². The van der Waals surface area contributed by atoms with E-state index >= 15 is 0 Å². The van der Waals surface area contributed by atoms with E-state index in [1.165, 1.54) is 30.6 Å². The van der Waals surface area contributed by atoms with Crippen LogP contribution in [-0.2, 0) is 6.54 Å². The van der Waals surface area contributed by atoms with Crippen LogP contribution in [0.4, 0.5) is 0 Å². The van der Waals surface area contributed by atoms with Gasteiger partial charge in [-0.25, -0.2) is 4.98 Å². The largest absolute Gasteiger partial charge is 0.330 e. The lowest BCUT2D eigenvalue weighted by Crippen LogP contribution is -2.25. The highest BCUT2D eigenvalue weighted by molar-refractivity contribution is 7.13. The van der Waals surface area contributed by atoms with Crippen molar-refractivity contribution in [2.75, 3.05) is 0 Å². The summed E-state index contributed by atoms with van der Waals surface area (Å²) < 4.78 is 2.26. The number of aryl methyl sites for hydroxylation is 1. The molecule has 1 fully saturated rings. The molecule has 96 valence electrons. The third kappa shape index (κ3) is 2.35. The van der Waals surface area contributed by atoms with Gasteiger partial charge in [0.2, 0.25) is 0 Å². The molecular weight excluding hydrogens is 242 g/mol. The minimum Gasteiger partial charge on any atom is -0.330 e. The third-order valence-electron chi connectivity index (χ3n) is 3.92. The fourth-order valence-electron chi connectivity index (χ4n) is 2.85. The van der Waals surface area contributed by atoms with Gasteiger partial charge in [0.25, 0.3) is 0 Å². The number of nitrogens with zero attached hydrogens (tertiary/aromatic N) is 2. The summed E-state index contributed by atoms with van der Waals surface area (Å²) in [5.41, 5.74) is 6.13. The van der Waals surface area contributed by atoms with Crippen LogP contribution in [0.3, 0.4) is 0 Å². The first kappa shape index (κ1) is 11.9. The van der Waals surface area contributed by atoms with Gasteiger partial charge < -0.3 is 10.3 Å². The van der Waals surface area contributed by atoms with E-state index in [0.717, 1.165) is 12.4 Å². The molecule has 0 radical (unpaired) electrons. The molecule has 1 saturated carbocycles. The number of imidazole rings is 1. The van der Waals surface area contributed by atoms with Crippen molar-refractivity contribution >= 4 is 11.3 Å². The Balaban J connectivity index is 1.68. The van der Waals surface area contributed by atoms with Gasteiger partial charge in [0.15, 0.2) is 0 Å². The van der Waals surface area contributed by atoms with E-state index in [2.05, 4.69) is 33.3 Å². The Morgan fingerprint density at radius 3 is 3.11 bits per heavy atom. The van der Waals surface area contributed by atoms with Crippen LogP contribution in [0.25, 0.3) is 10.7 Å². The van der Waals surface area contributed by atoms with Crippen molar-refractivity contribution in [1.29, 1.82) is 0 Å². The Labute approximate surface area is 112 Å². The minimum absolute atomic E-state index is 0.415. The Hall–Kier alpha value is -1.13. The van der Waals surface area contributed by atoms with Crippen LogP contribution in [0, 0.1) is 5.92 Å². The van der Waals surface area contributed by atoms with Gasteiger partial charge in [-0.15, -0.1) is 11.3 Å². The van der Waals surface area contributed by atoms with Crippen molar-refractivity contribution in [2.24, 2.45) is 11.7 Å². The van der Waals surface area contributed by atoms with Crippen LogP contribution in [0.1, 0.15) is 25.7 Å². The molecular formula is C14H19N3S. The average Bonchev–Trinajstić information content (AvgIpc) is 3.07. The summed E-state index contributed by atoms with van der Waals surface area (Å²) in [5, 5.41) is 2.10. The molecule has 0 aliphatic heterocycles. The van der Waals surface area contributed by atoms with E-state index in [1.54, 1.807) is 11.3 Å². The molecule has 2 heterocycles. The molecule has 2 N–H and O–H groups in total. The maximum absolute atomic E-state index is 6.13. The molecule has 0 aromatic carbocycles. The smallest absolute Gasteiger partial charge is 0.149 e. The van der Waals surface area contributed by atoms with E-state index in [4.69, 9.17) is 5.73 Å². The first-order valence-corrected chi connectivity index (χ1v) is 7.53. The zero-order chi connectivity index (χ0) is 12.4. The van der Waals surface area contributed by atoms with Gasteiger partial charge in [0.1, 0.15) is 5.82 Å². The lowest BCUT2D eigenvalue weighted by molar-refractivity contribution is 0.416. The van der Waals surface area contributed by atoms with Crippen molar-refractivity contribution in [1.82, 2.24) is 9.55 Å². The number of aromatic nitrogens is 2. The van der Waals surface area contributed by atoms with E-state index in [0.29, 0.717) is 12.0 Å². The molecule has 1 aliphatic carbocycles. The van der Waals surface area contributed by atoms with Gasteiger partial charge in [0, 0.05) is 25.0 Å². The summed E-state index contributed by atoms with van der Waals surface area (Å²) in [6.07, 6.45) is 8.94. The Bertz CT molecular complexity index is 489. The SMILES string of the molecule is NC1CCCC1CCn1ccnc1-c1cccs1. The molecule has 2 aromatic rings. The maximum Gasteiger partial charge on any atom is 0.149 e. The van der Waals surface area contributed by atoms with Crippen molar-refractivity contribution in [3.8, 4) is 10.7 Å². The number of hydrogen-bond acceptors (Lipinski definition) is 3. The Kier molecular flexibility index (Phi) is 3.48. The second-order valence-corrected chi connectivity index (χ2v) is 6.01. The molecule has 0 spiro atoms. The van der Waals surface area contributed by atoms with E-state index in [-0.39, 0.29) is 0 Å². The van der Waals surface area contributed by atoms with Gasteiger partial charge in [-0.05, 0) is 36.6 Å². The third-order valence-corrected chi connectivity index (χ3v) is 4.78. The molecule has 2 aromatic heterocycles. The zero-order valence-electron chi connectivity index (χ0n) is 10.5. The van der Waals surface area contributed by atoms with Gasteiger partial charge in [-0.1, -0.05) is 12.5 Å². The number of rotatable bonds is 4. The van der Waals surface area contributed by atoms with Gasteiger partial charge in [-0.3, -0.25) is 0 Å². The normalized spacial score (nSPS) is 23.6. The standard InChI is InChI=1S/C14H19N3S/c15-12-4-1-3-11(12)6-8-17-9-7-16-14(17)13-5-2-10-18-13/h2,5,7,9-12H,1,3-4,6,8,15H2. The van der Waals surface area contributed by atoms with E-state index in [1.807, 2.05) is 6.20 Å². The zero-order valence-corrected chi connectivity index (χ0v) is 11.3. The second-order valence-electron chi connectivity index (χ2n) is 5.07. The van der Waals surface area contributed by atoms with Gasteiger partial charge >= 0.3 is 0 Å². The molecule has 2 atom stereocenters. The van der Waals surface area contributed by atoms with E-state index < -0.39 is 0 Å². The van der Waals surface area contributed by atoms with Gasteiger partial charge in [-0.2, -0.15) is 0 Å². The number of hydrogen-bond donors (Lipinski definition) is 1. The summed E-state index contributed by atoms with van der Waals surface area (Å²) in [5.74, 6) is 1.79. The summed E-state index contributed by atoms with van der Waals surface area (Å²) in [4.78, 5) is 5.71. The van der Waals surface area contributed by atoms with Crippen LogP contribution in [0.5, 0.6) is 0 Å². The Morgan fingerprint density at radius 1 is 1.44 bits per heavy atom. The average molecular weight is 261 g/mol. The topological polar surface area (TPSA) is 43.8 Å². The molecule has 0 saturated heterocycles. The van der Waals surface area contributed by atoms with Crippen molar-refractivity contribution in [2.45, 2.75) is 38.3 Å². The fraction of sp³-hybridized carbons (Fsp3) is 0.500. The van der Waals surface area contributed by atoms with Crippen LogP contribution >= 0.6 is 11.3 Å². The monoisotopic (exact) mass is 261 g/mol. The summed E-state index contributed by atoms with van der Waals surface area (Å²) in [7, 11) is 0. The van der Waals surface area contributed by atoms with Crippen LogP contribution in [-0.4, -0.2) is 15.6 Å². The fourth-order valence-corrected chi connectivity index (χ4v) is 3.59. The van der Waals surface area contributed by atoms with Gasteiger partial charge in [0.05, 0.1) is 4.88 Å². The maximum atomic E-state index is 6.13. The minimum atomic E-state index is 0.415. The lowest BCUT2D eigenvalue weighted by Gasteiger charge is -2.16. The summed E-state index contributed by atoms with van der Waals surface area (Å²) in [6.45, 7) is 1.03. The molecule has 18 heavy (non-hydrogen) atoms. The second kappa shape index (κ2) is 5.24. The predicted molar refractivity (Wildman–Crippen MR) is 75.5 cm³/mol. The first-order valence-electron chi connectivity index (χ1n) is 6.65.